The number of likely N-dealkylation sites (tertiary alicyclic amines) is 1. The Morgan fingerprint density at radius 3 is 2.81 bits per heavy atom. The molecule has 0 aromatic rings. The number of amides is 2. The Kier molecular flexibility index (Phi) is 5.47. The molecule has 2 amide bonds. The van der Waals surface area contributed by atoms with Gasteiger partial charge in [-0.2, -0.15) is 0 Å². The molecule has 1 unspecified atom stereocenters. The SMILES string of the molecule is C=COC(=O)N1CCC(N2C(=O)OCC2CCCC)CC1. The normalized spacial score (nSPS) is 23.1. The van der Waals surface area contributed by atoms with Crippen molar-refractivity contribution in [2.24, 2.45) is 0 Å². The van der Waals surface area contributed by atoms with Crippen LogP contribution in [0.3, 0.4) is 0 Å². The van der Waals surface area contributed by atoms with Crippen LogP contribution < -0.4 is 0 Å². The molecule has 0 N–H and O–H groups in total. The van der Waals surface area contributed by atoms with Crippen molar-refractivity contribution in [2.75, 3.05) is 19.7 Å². The number of rotatable bonds is 5. The minimum atomic E-state index is -0.366. The van der Waals surface area contributed by atoms with Gasteiger partial charge < -0.3 is 14.4 Å². The second-order valence-electron chi connectivity index (χ2n) is 5.55. The summed E-state index contributed by atoms with van der Waals surface area (Å²) >= 11 is 0. The van der Waals surface area contributed by atoms with Gasteiger partial charge in [-0.15, -0.1) is 0 Å². The predicted octanol–water partition coefficient (Wildman–Crippen LogP) is 2.74. The van der Waals surface area contributed by atoms with E-state index in [4.69, 9.17) is 9.47 Å². The van der Waals surface area contributed by atoms with Crippen molar-refractivity contribution in [3.63, 3.8) is 0 Å². The maximum absolute atomic E-state index is 12.0. The molecule has 2 heterocycles. The van der Waals surface area contributed by atoms with Crippen molar-refractivity contribution in [1.29, 1.82) is 0 Å². The molecule has 0 spiro atoms. The van der Waals surface area contributed by atoms with E-state index in [9.17, 15) is 9.59 Å². The number of cyclic esters (lactones) is 1. The molecule has 2 aliphatic heterocycles. The van der Waals surface area contributed by atoms with Crippen LogP contribution in [0, 0.1) is 0 Å². The third-order valence-corrected chi connectivity index (χ3v) is 4.19. The molecule has 2 rings (SSSR count). The van der Waals surface area contributed by atoms with Gasteiger partial charge in [0.25, 0.3) is 0 Å². The van der Waals surface area contributed by atoms with Gasteiger partial charge in [-0.3, -0.25) is 4.90 Å². The van der Waals surface area contributed by atoms with Crippen LogP contribution in [0.4, 0.5) is 9.59 Å². The fourth-order valence-corrected chi connectivity index (χ4v) is 3.05. The van der Waals surface area contributed by atoms with Gasteiger partial charge in [0, 0.05) is 19.1 Å². The van der Waals surface area contributed by atoms with Gasteiger partial charge >= 0.3 is 12.2 Å². The number of carbonyl (C=O) groups is 2. The van der Waals surface area contributed by atoms with E-state index < -0.39 is 0 Å². The van der Waals surface area contributed by atoms with Crippen molar-refractivity contribution < 1.29 is 19.1 Å². The number of nitrogens with zero attached hydrogens (tertiary/aromatic N) is 2. The lowest BCUT2D eigenvalue weighted by Crippen LogP contribution is -2.49. The zero-order chi connectivity index (χ0) is 15.2. The Morgan fingerprint density at radius 1 is 1.48 bits per heavy atom. The van der Waals surface area contributed by atoms with E-state index in [1.807, 2.05) is 4.90 Å². The fourth-order valence-electron chi connectivity index (χ4n) is 3.05. The van der Waals surface area contributed by atoms with Crippen LogP contribution in [0.2, 0.25) is 0 Å². The lowest BCUT2D eigenvalue weighted by atomic mass is 10.0. The molecular weight excluding hydrogens is 272 g/mol. The number of hydrogen-bond donors (Lipinski definition) is 0. The van der Waals surface area contributed by atoms with Gasteiger partial charge in [-0.25, -0.2) is 9.59 Å². The summed E-state index contributed by atoms with van der Waals surface area (Å²) in [5.41, 5.74) is 0. The Morgan fingerprint density at radius 2 is 2.19 bits per heavy atom. The first-order valence-corrected chi connectivity index (χ1v) is 7.69. The lowest BCUT2D eigenvalue weighted by molar-refractivity contribution is 0.0921. The Bertz CT molecular complexity index is 391. The molecule has 2 saturated heterocycles. The molecule has 0 aromatic carbocycles. The molecule has 118 valence electrons. The van der Waals surface area contributed by atoms with Crippen LogP contribution >= 0.6 is 0 Å². The van der Waals surface area contributed by atoms with E-state index in [0.717, 1.165) is 38.4 Å². The lowest BCUT2D eigenvalue weighted by Gasteiger charge is -2.37. The molecule has 2 fully saturated rings. The minimum absolute atomic E-state index is 0.162. The highest BCUT2D eigenvalue weighted by molar-refractivity contribution is 5.71. The van der Waals surface area contributed by atoms with E-state index in [1.54, 1.807) is 4.90 Å². The van der Waals surface area contributed by atoms with E-state index in [1.165, 1.54) is 0 Å². The third kappa shape index (κ3) is 3.68. The first kappa shape index (κ1) is 15.7. The topological polar surface area (TPSA) is 59.1 Å². The maximum Gasteiger partial charge on any atom is 0.414 e. The Labute approximate surface area is 125 Å². The van der Waals surface area contributed by atoms with Crippen LogP contribution in [0.1, 0.15) is 39.0 Å². The smallest absolute Gasteiger partial charge is 0.414 e. The van der Waals surface area contributed by atoms with E-state index in [0.29, 0.717) is 19.7 Å². The first-order valence-electron chi connectivity index (χ1n) is 7.69. The number of unbranched alkanes of at least 4 members (excludes halogenated alkanes) is 1. The zero-order valence-electron chi connectivity index (χ0n) is 12.6. The molecular formula is C15H24N2O4. The van der Waals surface area contributed by atoms with Crippen molar-refractivity contribution >= 4 is 12.2 Å². The van der Waals surface area contributed by atoms with Gasteiger partial charge in [0.2, 0.25) is 0 Å². The quantitative estimate of drug-likeness (QED) is 0.732. The van der Waals surface area contributed by atoms with Gasteiger partial charge in [0.05, 0.1) is 12.3 Å². The average molecular weight is 296 g/mol. The zero-order valence-corrected chi connectivity index (χ0v) is 12.6. The summed E-state index contributed by atoms with van der Waals surface area (Å²) in [6.45, 7) is 7.22. The average Bonchev–Trinajstić information content (AvgIpc) is 2.86. The Balaban J connectivity index is 1.89. The van der Waals surface area contributed by atoms with Crippen molar-refractivity contribution in [1.82, 2.24) is 9.80 Å². The number of hydrogen-bond acceptors (Lipinski definition) is 4. The second kappa shape index (κ2) is 7.33. The number of ether oxygens (including phenoxy) is 2. The molecule has 0 bridgehead atoms. The fraction of sp³-hybridized carbons (Fsp3) is 0.733. The van der Waals surface area contributed by atoms with Crippen LogP contribution in [-0.2, 0) is 9.47 Å². The van der Waals surface area contributed by atoms with Gasteiger partial charge in [0.1, 0.15) is 6.61 Å². The summed E-state index contributed by atoms with van der Waals surface area (Å²) in [5, 5.41) is 0. The summed E-state index contributed by atoms with van der Waals surface area (Å²) in [4.78, 5) is 27.1. The van der Waals surface area contributed by atoms with Crippen LogP contribution in [-0.4, -0.2) is 53.8 Å². The van der Waals surface area contributed by atoms with E-state index >= 15 is 0 Å². The summed E-state index contributed by atoms with van der Waals surface area (Å²) in [7, 11) is 0. The third-order valence-electron chi connectivity index (χ3n) is 4.19. The predicted molar refractivity (Wildman–Crippen MR) is 77.8 cm³/mol. The molecule has 6 heteroatoms. The van der Waals surface area contributed by atoms with E-state index in [2.05, 4.69) is 13.5 Å². The summed E-state index contributed by atoms with van der Waals surface area (Å²) in [6, 6.07) is 0.351. The van der Waals surface area contributed by atoms with Crippen molar-refractivity contribution in [3.8, 4) is 0 Å². The first-order chi connectivity index (χ1) is 10.2. The standard InChI is InChI=1S/C15H24N2O4/c1-3-5-6-13-11-21-15(19)17(13)12-7-9-16(10-8-12)14(18)20-4-2/h4,12-13H,2-3,5-11H2,1H3. The second-order valence-corrected chi connectivity index (χ2v) is 5.55. The summed E-state index contributed by atoms with van der Waals surface area (Å²) < 4.78 is 9.99. The van der Waals surface area contributed by atoms with E-state index in [-0.39, 0.29) is 24.3 Å². The monoisotopic (exact) mass is 296 g/mol. The Hall–Kier alpha value is -1.72. The molecule has 0 saturated carbocycles. The largest absolute Gasteiger partial charge is 0.447 e. The molecule has 1 atom stereocenters. The highest BCUT2D eigenvalue weighted by Crippen LogP contribution is 2.26. The highest BCUT2D eigenvalue weighted by Gasteiger charge is 2.39. The highest BCUT2D eigenvalue weighted by atomic mass is 16.6. The molecule has 0 radical (unpaired) electrons. The van der Waals surface area contributed by atoms with Gasteiger partial charge in [-0.1, -0.05) is 26.3 Å². The summed E-state index contributed by atoms with van der Waals surface area (Å²) in [6.07, 6.45) is 5.31. The van der Waals surface area contributed by atoms with Gasteiger partial charge in [0.15, 0.2) is 0 Å². The molecule has 2 aliphatic rings. The van der Waals surface area contributed by atoms with Crippen LogP contribution in [0.5, 0.6) is 0 Å². The molecule has 6 nitrogen and oxygen atoms in total. The number of piperidine rings is 1. The van der Waals surface area contributed by atoms with Crippen LogP contribution in [0.15, 0.2) is 12.8 Å². The molecule has 0 aliphatic carbocycles. The molecule has 21 heavy (non-hydrogen) atoms. The van der Waals surface area contributed by atoms with Gasteiger partial charge in [-0.05, 0) is 19.3 Å². The van der Waals surface area contributed by atoms with Crippen molar-refractivity contribution in [3.05, 3.63) is 12.8 Å². The van der Waals surface area contributed by atoms with Crippen LogP contribution in [0.25, 0.3) is 0 Å². The molecule has 0 aromatic heterocycles. The minimum Gasteiger partial charge on any atom is -0.447 e. The maximum atomic E-state index is 12.0. The summed E-state index contributed by atoms with van der Waals surface area (Å²) in [5.74, 6) is 0. The number of carbonyl (C=O) groups excluding carboxylic acids is 2. The van der Waals surface area contributed by atoms with Crippen molar-refractivity contribution in [2.45, 2.75) is 51.1 Å².